The molecule has 0 heterocycles. The Hall–Kier alpha value is -1.08. The summed E-state index contributed by atoms with van der Waals surface area (Å²) >= 11 is 5.78. The molecule has 0 unspecified atom stereocenters. The van der Waals surface area contributed by atoms with Gasteiger partial charge in [-0.1, -0.05) is 17.7 Å². The number of carbonyl (C=O) groups is 1. The molecule has 2 rings (SSSR count). The number of benzene rings is 1. The van der Waals surface area contributed by atoms with E-state index in [0.29, 0.717) is 5.02 Å². The van der Waals surface area contributed by atoms with Crippen molar-refractivity contribution in [2.45, 2.75) is 25.7 Å². The van der Waals surface area contributed by atoms with Crippen LogP contribution < -0.4 is 0 Å². The minimum absolute atomic E-state index is 0.159. The van der Waals surface area contributed by atoms with Crippen LogP contribution in [0.1, 0.15) is 36.0 Å². The lowest BCUT2D eigenvalue weighted by Crippen LogP contribution is -2.06. The zero-order valence-corrected chi connectivity index (χ0v) is 9.26. The van der Waals surface area contributed by atoms with Crippen LogP contribution >= 0.6 is 11.6 Å². The SMILES string of the molecule is O=C(C1=CCCCC1)c1ccc(Cl)cc1. The fourth-order valence-corrected chi connectivity index (χ4v) is 1.96. The van der Waals surface area contributed by atoms with E-state index in [1.807, 2.05) is 0 Å². The number of ketones is 1. The van der Waals surface area contributed by atoms with Crippen molar-refractivity contribution in [1.29, 1.82) is 0 Å². The van der Waals surface area contributed by atoms with E-state index in [-0.39, 0.29) is 5.78 Å². The average Bonchev–Trinajstić information content (AvgIpc) is 2.30. The molecule has 0 aliphatic heterocycles. The Kier molecular flexibility index (Phi) is 3.22. The van der Waals surface area contributed by atoms with Gasteiger partial charge in [0.05, 0.1) is 0 Å². The third kappa shape index (κ3) is 2.48. The van der Waals surface area contributed by atoms with Crippen LogP contribution in [0.2, 0.25) is 5.02 Å². The van der Waals surface area contributed by atoms with Crippen LogP contribution in [0.3, 0.4) is 0 Å². The minimum Gasteiger partial charge on any atom is -0.289 e. The highest BCUT2D eigenvalue weighted by Gasteiger charge is 2.13. The number of carbonyl (C=O) groups excluding carboxylic acids is 1. The minimum atomic E-state index is 0.159. The van der Waals surface area contributed by atoms with Gasteiger partial charge in [-0.05, 0) is 55.5 Å². The molecule has 1 aromatic rings. The fraction of sp³-hybridized carbons (Fsp3) is 0.308. The van der Waals surface area contributed by atoms with Crippen LogP contribution in [0.25, 0.3) is 0 Å². The third-order valence-electron chi connectivity index (χ3n) is 2.69. The average molecular weight is 221 g/mol. The number of hydrogen-bond donors (Lipinski definition) is 0. The largest absolute Gasteiger partial charge is 0.289 e. The first-order chi connectivity index (χ1) is 7.27. The van der Waals surface area contributed by atoms with Gasteiger partial charge in [0.15, 0.2) is 5.78 Å². The molecule has 0 spiro atoms. The molecule has 2 heteroatoms. The predicted molar refractivity (Wildman–Crippen MR) is 62.3 cm³/mol. The van der Waals surface area contributed by atoms with Gasteiger partial charge in [-0.15, -0.1) is 0 Å². The van der Waals surface area contributed by atoms with E-state index in [4.69, 9.17) is 11.6 Å². The molecular weight excluding hydrogens is 208 g/mol. The maximum Gasteiger partial charge on any atom is 0.188 e. The van der Waals surface area contributed by atoms with Crippen molar-refractivity contribution in [2.24, 2.45) is 0 Å². The second kappa shape index (κ2) is 4.63. The van der Waals surface area contributed by atoms with Gasteiger partial charge < -0.3 is 0 Å². The number of allylic oxidation sites excluding steroid dienone is 2. The van der Waals surface area contributed by atoms with E-state index in [0.717, 1.165) is 30.4 Å². The molecule has 0 saturated carbocycles. The molecule has 0 saturated heterocycles. The summed E-state index contributed by atoms with van der Waals surface area (Å²) in [7, 11) is 0. The van der Waals surface area contributed by atoms with Crippen molar-refractivity contribution < 1.29 is 4.79 Å². The highest BCUT2D eigenvalue weighted by atomic mass is 35.5. The molecule has 1 nitrogen and oxygen atoms in total. The Bertz CT molecular complexity index is 390. The summed E-state index contributed by atoms with van der Waals surface area (Å²) in [6.07, 6.45) is 6.36. The summed E-state index contributed by atoms with van der Waals surface area (Å²) in [5, 5.41) is 0.671. The summed E-state index contributed by atoms with van der Waals surface area (Å²) in [5.41, 5.74) is 1.70. The second-order valence-corrected chi connectivity index (χ2v) is 4.25. The molecule has 78 valence electrons. The second-order valence-electron chi connectivity index (χ2n) is 3.81. The van der Waals surface area contributed by atoms with Crippen molar-refractivity contribution in [2.75, 3.05) is 0 Å². The van der Waals surface area contributed by atoms with Gasteiger partial charge >= 0.3 is 0 Å². The molecule has 0 amide bonds. The van der Waals surface area contributed by atoms with E-state index in [2.05, 4.69) is 6.08 Å². The van der Waals surface area contributed by atoms with Gasteiger partial charge in [0, 0.05) is 10.6 Å². The topological polar surface area (TPSA) is 17.1 Å². The lowest BCUT2D eigenvalue weighted by Gasteiger charge is -2.11. The van der Waals surface area contributed by atoms with Crippen molar-refractivity contribution in [3.8, 4) is 0 Å². The summed E-state index contributed by atoms with van der Waals surface area (Å²) in [4.78, 5) is 12.0. The van der Waals surface area contributed by atoms with Gasteiger partial charge in [0.25, 0.3) is 0 Å². The molecule has 0 atom stereocenters. The van der Waals surface area contributed by atoms with Gasteiger partial charge in [-0.3, -0.25) is 4.79 Å². The predicted octanol–water partition coefficient (Wildman–Crippen LogP) is 4.02. The molecule has 1 aliphatic carbocycles. The van der Waals surface area contributed by atoms with Crippen LogP contribution in [0.5, 0.6) is 0 Å². The Balaban J connectivity index is 2.20. The molecule has 0 bridgehead atoms. The highest BCUT2D eigenvalue weighted by Crippen LogP contribution is 2.21. The summed E-state index contributed by atoms with van der Waals surface area (Å²) in [5.74, 6) is 0.159. The summed E-state index contributed by atoms with van der Waals surface area (Å²) in [6, 6.07) is 7.11. The zero-order valence-electron chi connectivity index (χ0n) is 8.50. The third-order valence-corrected chi connectivity index (χ3v) is 2.94. The monoisotopic (exact) mass is 220 g/mol. The lowest BCUT2D eigenvalue weighted by molar-refractivity contribution is 0.102. The van der Waals surface area contributed by atoms with E-state index >= 15 is 0 Å². The number of rotatable bonds is 2. The Morgan fingerprint density at radius 1 is 1.13 bits per heavy atom. The Morgan fingerprint density at radius 3 is 2.47 bits per heavy atom. The lowest BCUT2D eigenvalue weighted by atomic mass is 9.93. The number of hydrogen-bond acceptors (Lipinski definition) is 1. The van der Waals surface area contributed by atoms with Crippen molar-refractivity contribution in [1.82, 2.24) is 0 Å². The number of Topliss-reactive ketones (excluding diaryl/α,β-unsaturated/α-hetero) is 1. The van der Waals surface area contributed by atoms with E-state index in [1.165, 1.54) is 6.42 Å². The maximum atomic E-state index is 12.0. The first-order valence-electron chi connectivity index (χ1n) is 5.26. The molecule has 0 radical (unpaired) electrons. The number of halogens is 1. The first kappa shape index (κ1) is 10.4. The van der Waals surface area contributed by atoms with Gasteiger partial charge in [0.1, 0.15) is 0 Å². The Morgan fingerprint density at radius 2 is 1.87 bits per heavy atom. The molecule has 0 fully saturated rings. The molecule has 0 aromatic heterocycles. The summed E-state index contributed by atoms with van der Waals surface area (Å²) in [6.45, 7) is 0. The van der Waals surface area contributed by atoms with Crippen LogP contribution in [0, 0.1) is 0 Å². The molecule has 0 N–H and O–H groups in total. The first-order valence-corrected chi connectivity index (χ1v) is 5.64. The fourth-order valence-electron chi connectivity index (χ4n) is 1.83. The molecule has 1 aromatic carbocycles. The maximum absolute atomic E-state index is 12.0. The Labute approximate surface area is 94.8 Å². The molecule has 15 heavy (non-hydrogen) atoms. The van der Waals surface area contributed by atoms with Gasteiger partial charge in [0.2, 0.25) is 0 Å². The van der Waals surface area contributed by atoms with Crippen molar-refractivity contribution in [3.63, 3.8) is 0 Å². The van der Waals surface area contributed by atoms with Crippen LogP contribution in [0.15, 0.2) is 35.9 Å². The standard InChI is InChI=1S/C13H13ClO/c14-12-8-6-11(7-9-12)13(15)10-4-2-1-3-5-10/h4,6-9H,1-3,5H2. The van der Waals surface area contributed by atoms with Gasteiger partial charge in [-0.2, -0.15) is 0 Å². The van der Waals surface area contributed by atoms with E-state index < -0.39 is 0 Å². The van der Waals surface area contributed by atoms with Crippen molar-refractivity contribution in [3.05, 3.63) is 46.5 Å². The molecule has 1 aliphatic rings. The van der Waals surface area contributed by atoms with Crippen LogP contribution in [0.4, 0.5) is 0 Å². The normalized spacial score (nSPS) is 15.9. The van der Waals surface area contributed by atoms with Gasteiger partial charge in [-0.25, -0.2) is 0 Å². The smallest absolute Gasteiger partial charge is 0.188 e. The highest BCUT2D eigenvalue weighted by molar-refractivity contribution is 6.30. The summed E-state index contributed by atoms with van der Waals surface area (Å²) < 4.78 is 0. The zero-order chi connectivity index (χ0) is 10.7. The van der Waals surface area contributed by atoms with E-state index in [1.54, 1.807) is 24.3 Å². The van der Waals surface area contributed by atoms with Crippen LogP contribution in [-0.2, 0) is 0 Å². The van der Waals surface area contributed by atoms with E-state index in [9.17, 15) is 4.79 Å². The quantitative estimate of drug-likeness (QED) is 0.688. The van der Waals surface area contributed by atoms with Crippen molar-refractivity contribution >= 4 is 17.4 Å². The van der Waals surface area contributed by atoms with Crippen LogP contribution in [-0.4, -0.2) is 5.78 Å². The molecular formula is C13H13ClO.